The van der Waals surface area contributed by atoms with Crippen LogP contribution in [-0.4, -0.2) is 39.0 Å². The second-order valence-corrected chi connectivity index (χ2v) is 8.08. The molecule has 3 aromatic heterocycles. The van der Waals surface area contributed by atoms with Crippen molar-refractivity contribution in [2.24, 2.45) is 0 Å². The van der Waals surface area contributed by atoms with E-state index in [2.05, 4.69) is 30.5 Å². The molecule has 0 atom stereocenters. The summed E-state index contributed by atoms with van der Waals surface area (Å²) in [6.45, 7) is 3.02. The summed E-state index contributed by atoms with van der Waals surface area (Å²) >= 11 is 7.35. The summed E-state index contributed by atoms with van der Waals surface area (Å²) in [7, 11) is 0. The summed E-state index contributed by atoms with van der Waals surface area (Å²) in [6.07, 6.45) is 5.41. The largest absolute Gasteiger partial charge is 0.326 e. The average molecular weight is 429 g/mol. The number of hydrogen-bond acceptors (Lipinski definition) is 6. The van der Waals surface area contributed by atoms with Crippen molar-refractivity contribution in [2.45, 2.75) is 25.8 Å². The number of piperidine rings is 1. The van der Waals surface area contributed by atoms with Crippen LogP contribution in [-0.2, 0) is 6.54 Å². The molecule has 4 heterocycles. The molecule has 0 aliphatic carbocycles. The first kappa shape index (κ1) is 19.8. The van der Waals surface area contributed by atoms with E-state index in [9.17, 15) is 4.79 Å². The van der Waals surface area contributed by atoms with Gasteiger partial charge in [0.1, 0.15) is 21.8 Å². The van der Waals surface area contributed by atoms with Gasteiger partial charge in [-0.2, -0.15) is 0 Å². The van der Waals surface area contributed by atoms with Crippen LogP contribution >= 0.6 is 22.9 Å². The Morgan fingerprint density at radius 1 is 1.10 bits per heavy atom. The fourth-order valence-electron chi connectivity index (χ4n) is 3.25. The van der Waals surface area contributed by atoms with E-state index < -0.39 is 0 Å². The normalized spacial score (nSPS) is 14.5. The first-order valence-electron chi connectivity index (χ1n) is 9.49. The number of aromatic nitrogens is 3. The van der Waals surface area contributed by atoms with Crippen LogP contribution < -0.4 is 10.6 Å². The van der Waals surface area contributed by atoms with Crippen molar-refractivity contribution in [1.82, 2.24) is 19.9 Å². The summed E-state index contributed by atoms with van der Waals surface area (Å²) in [5, 5.41) is 8.47. The van der Waals surface area contributed by atoms with Gasteiger partial charge in [-0.15, -0.1) is 11.3 Å². The molecule has 2 amide bonds. The van der Waals surface area contributed by atoms with Crippen LogP contribution in [0.15, 0.2) is 41.9 Å². The Labute approximate surface area is 178 Å². The SMILES string of the molecule is O=C(Nc1cccc(CN2CCCCC2)n1)Nc1csc(-c2ccnc(Cl)c2)n1. The van der Waals surface area contributed by atoms with Gasteiger partial charge in [-0.1, -0.05) is 24.1 Å². The van der Waals surface area contributed by atoms with Crippen molar-refractivity contribution in [2.75, 3.05) is 23.7 Å². The molecular weight excluding hydrogens is 408 g/mol. The molecule has 9 heteroatoms. The lowest BCUT2D eigenvalue weighted by Gasteiger charge is -2.26. The van der Waals surface area contributed by atoms with Crippen LogP contribution in [0, 0.1) is 0 Å². The third-order valence-corrected chi connectivity index (χ3v) is 5.70. The first-order chi connectivity index (χ1) is 14.2. The Morgan fingerprint density at radius 3 is 2.76 bits per heavy atom. The summed E-state index contributed by atoms with van der Waals surface area (Å²) in [6, 6.07) is 8.87. The lowest BCUT2D eigenvalue weighted by atomic mass is 10.1. The highest BCUT2D eigenvalue weighted by Crippen LogP contribution is 2.27. The Balaban J connectivity index is 1.35. The minimum atomic E-state index is -0.378. The van der Waals surface area contributed by atoms with Crippen molar-refractivity contribution in [1.29, 1.82) is 0 Å². The molecule has 0 unspecified atom stereocenters. The van der Waals surface area contributed by atoms with Crippen LogP contribution in [0.25, 0.3) is 10.6 Å². The molecular formula is C20H21ClN6OS. The molecule has 150 valence electrons. The van der Waals surface area contributed by atoms with Gasteiger partial charge in [0, 0.05) is 23.7 Å². The maximum Gasteiger partial charge on any atom is 0.326 e. The minimum Gasteiger partial charge on any atom is -0.298 e. The molecule has 0 spiro atoms. The zero-order chi connectivity index (χ0) is 20.1. The third-order valence-electron chi connectivity index (χ3n) is 4.60. The number of pyridine rings is 2. The summed E-state index contributed by atoms with van der Waals surface area (Å²) < 4.78 is 0. The maximum atomic E-state index is 12.3. The predicted octanol–water partition coefficient (Wildman–Crippen LogP) is 4.88. The van der Waals surface area contributed by atoms with Crippen molar-refractivity contribution in [3.05, 3.63) is 52.8 Å². The maximum absolute atomic E-state index is 12.3. The second kappa shape index (κ2) is 9.30. The van der Waals surface area contributed by atoms with Gasteiger partial charge in [0.25, 0.3) is 0 Å². The summed E-state index contributed by atoms with van der Waals surface area (Å²) in [5.74, 6) is 0.994. The van der Waals surface area contributed by atoms with Gasteiger partial charge < -0.3 is 0 Å². The van der Waals surface area contributed by atoms with Gasteiger partial charge in [-0.05, 0) is 50.2 Å². The number of carbonyl (C=O) groups excluding carboxylic acids is 1. The van der Waals surface area contributed by atoms with Gasteiger partial charge in [0.15, 0.2) is 0 Å². The van der Waals surface area contributed by atoms with Crippen molar-refractivity contribution < 1.29 is 4.79 Å². The van der Waals surface area contributed by atoms with Crippen molar-refractivity contribution in [3.63, 3.8) is 0 Å². The monoisotopic (exact) mass is 428 g/mol. The van der Waals surface area contributed by atoms with E-state index in [4.69, 9.17) is 11.6 Å². The van der Waals surface area contributed by atoms with Gasteiger partial charge in [-0.3, -0.25) is 15.5 Å². The molecule has 3 aromatic rings. The lowest BCUT2D eigenvalue weighted by Crippen LogP contribution is -2.29. The van der Waals surface area contributed by atoms with E-state index in [0.717, 1.165) is 35.9 Å². The smallest absolute Gasteiger partial charge is 0.298 e. The number of nitrogens with zero attached hydrogens (tertiary/aromatic N) is 4. The van der Waals surface area contributed by atoms with Crippen LogP contribution in [0.5, 0.6) is 0 Å². The summed E-state index contributed by atoms with van der Waals surface area (Å²) in [4.78, 5) is 27.7. The van der Waals surface area contributed by atoms with E-state index in [0.29, 0.717) is 16.8 Å². The fraction of sp³-hybridized carbons (Fsp3) is 0.300. The Hall–Kier alpha value is -2.55. The zero-order valence-electron chi connectivity index (χ0n) is 15.8. The second-order valence-electron chi connectivity index (χ2n) is 6.84. The number of carbonyl (C=O) groups is 1. The molecule has 4 rings (SSSR count). The van der Waals surface area contributed by atoms with Crippen molar-refractivity contribution in [3.8, 4) is 10.6 Å². The number of thiazole rings is 1. The van der Waals surface area contributed by atoms with Crippen LogP contribution in [0.4, 0.5) is 16.4 Å². The minimum absolute atomic E-state index is 0.378. The topological polar surface area (TPSA) is 83.0 Å². The predicted molar refractivity (Wildman–Crippen MR) is 116 cm³/mol. The Bertz CT molecular complexity index is 988. The number of halogens is 1. The van der Waals surface area contributed by atoms with Gasteiger partial charge >= 0.3 is 6.03 Å². The molecule has 0 bridgehead atoms. The van der Waals surface area contributed by atoms with Crippen LogP contribution in [0.3, 0.4) is 0 Å². The lowest BCUT2D eigenvalue weighted by molar-refractivity contribution is 0.218. The number of anilines is 2. The third kappa shape index (κ3) is 5.50. The van der Waals surface area contributed by atoms with Crippen LogP contribution in [0.2, 0.25) is 5.15 Å². The molecule has 1 fully saturated rings. The highest BCUT2D eigenvalue weighted by Gasteiger charge is 2.12. The average Bonchev–Trinajstić information content (AvgIpc) is 3.17. The molecule has 29 heavy (non-hydrogen) atoms. The number of likely N-dealkylation sites (tertiary alicyclic amines) is 1. The Morgan fingerprint density at radius 2 is 1.93 bits per heavy atom. The molecule has 1 aliphatic heterocycles. The highest BCUT2D eigenvalue weighted by atomic mass is 35.5. The van der Waals surface area contributed by atoms with E-state index in [1.54, 1.807) is 23.7 Å². The number of hydrogen-bond donors (Lipinski definition) is 2. The quantitative estimate of drug-likeness (QED) is 0.565. The number of rotatable bonds is 5. The van der Waals surface area contributed by atoms with Crippen LogP contribution in [0.1, 0.15) is 25.0 Å². The zero-order valence-corrected chi connectivity index (χ0v) is 17.3. The van der Waals surface area contributed by atoms with Gasteiger partial charge in [0.05, 0.1) is 5.69 Å². The Kier molecular flexibility index (Phi) is 6.33. The number of amides is 2. The molecule has 0 aromatic carbocycles. The molecule has 1 aliphatic rings. The van der Waals surface area contributed by atoms with Gasteiger partial charge in [-0.25, -0.2) is 19.7 Å². The van der Waals surface area contributed by atoms with E-state index >= 15 is 0 Å². The molecule has 2 N–H and O–H groups in total. The van der Waals surface area contributed by atoms with Crippen molar-refractivity contribution >= 4 is 40.6 Å². The molecule has 1 saturated heterocycles. The molecule has 7 nitrogen and oxygen atoms in total. The standard InChI is InChI=1S/C20H21ClN6OS/c21-16-11-14(7-8-22-16)19-24-18(13-29-19)26-20(28)25-17-6-4-5-15(23-17)12-27-9-2-1-3-10-27/h4-8,11,13H,1-3,9-10,12H2,(H2,23,25,26,28). The highest BCUT2D eigenvalue weighted by molar-refractivity contribution is 7.13. The summed E-state index contributed by atoms with van der Waals surface area (Å²) in [5.41, 5.74) is 1.81. The van der Waals surface area contributed by atoms with E-state index in [-0.39, 0.29) is 6.03 Å². The van der Waals surface area contributed by atoms with E-state index in [1.165, 1.54) is 30.6 Å². The molecule has 0 saturated carbocycles. The number of nitrogens with one attached hydrogen (secondary N) is 2. The molecule has 0 radical (unpaired) electrons. The number of urea groups is 1. The van der Waals surface area contributed by atoms with E-state index in [1.807, 2.05) is 18.2 Å². The fourth-order valence-corrected chi connectivity index (χ4v) is 4.17. The first-order valence-corrected chi connectivity index (χ1v) is 10.8. The van der Waals surface area contributed by atoms with Gasteiger partial charge in [0.2, 0.25) is 0 Å².